The van der Waals surface area contributed by atoms with Crippen LogP contribution in [-0.2, 0) is 9.53 Å². The Balaban J connectivity index is 0.00000324. The highest BCUT2D eigenvalue weighted by Crippen LogP contribution is 2.32. The summed E-state index contributed by atoms with van der Waals surface area (Å²) in [5, 5.41) is 9.83. The van der Waals surface area contributed by atoms with E-state index in [4.69, 9.17) is 5.73 Å². The number of rotatable bonds is 4. The molecule has 0 saturated heterocycles. The molecule has 19 heavy (non-hydrogen) atoms. The van der Waals surface area contributed by atoms with Crippen LogP contribution in [0, 0.1) is 6.92 Å². The molecule has 0 heterocycles. The maximum atomic E-state index is 13.8. The number of alkyl halides is 1. The molecule has 2 atom stereocenters. The van der Waals surface area contributed by atoms with Gasteiger partial charge in [0.1, 0.15) is 5.75 Å². The van der Waals surface area contributed by atoms with Crippen LogP contribution in [0.3, 0.4) is 0 Å². The summed E-state index contributed by atoms with van der Waals surface area (Å²) in [4.78, 5) is 11.3. The van der Waals surface area contributed by atoms with Crippen LogP contribution in [0.25, 0.3) is 0 Å². The van der Waals surface area contributed by atoms with Gasteiger partial charge in [0.2, 0.25) is 6.17 Å². The lowest BCUT2D eigenvalue weighted by molar-refractivity contribution is -0.149. The summed E-state index contributed by atoms with van der Waals surface area (Å²) in [6.07, 6.45) is -2.01. The summed E-state index contributed by atoms with van der Waals surface area (Å²) in [6.45, 7) is 3.32. The molecule has 1 aromatic rings. The molecule has 4 nitrogen and oxygen atoms in total. The van der Waals surface area contributed by atoms with Crippen LogP contribution in [0.1, 0.15) is 24.1 Å². The summed E-state index contributed by atoms with van der Waals surface area (Å²) in [5.74, 6) is -1.14. The second-order valence-electron chi connectivity index (χ2n) is 3.84. The molecule has 0 bridgehead atoms. The molecule has 3 N–H and O–H groups in total. The van der Waals surface area contributed by atoms with Gasteiger partial charge < -0.3 is 15.6 Å². The van der Waals surface area contributed by atoms with Crippen molar-refractivity contribution in [2.45, 2.75) is 26.1 Å². The van der Waals surface area contributed by atoms with Crippen molar-refractivity contribution in [3.8, 4) is 5.75 Å². The summed E-state index contributed by atoms with van der Waals surface area (Å²) in [7, 11) is 0. The van der Waals surface area contributed by atoms with Gasteiger partial charge in [-0.1, -0.05) is 15.9 Å². The average Bonchev–Trinajstić information content (AvgIpc) is 2.32. The first-order chi connectivity index (χ1) is 8.38. The number of benzene rings is 1. The Bertz CT molecular complexity index is 459. The van der Waals surface area contributed by atoms with E-state index in [1.165, 1.54) is 6.07 Å². The molecular weight excluding hydrogens is 340 g/mol. The second kappa shape index (κ2) is 7.67. The highest BCUT2D eigenvalue weighted by atomic mass is 79.9. The standard InChI is InChI=1S/C12H15BrFNO3.ClH/c1-3-18-12(17)9(14)10(15)8-5-7(13)4-6(2)11(8)16;/h4-5,9-10,16H,3,15H2,1-2H3;1H/t9?,10-;/m0./s1. The first-order valence-corrected chi connectivity index (χ1v) is 6.23. The predicted molar refractivity (Wildman–Crippen MR) is 76.2 cm³/mol. The highest BCUT2D eigenvalue weighted by molar-refractivity contribution is 9.10. The van der Waals surface area contributed by atoms with Crippen molar-refractivity contribution in [3.05, 3.63) is 27.7 Å². The van der Waals surface area contributed by atoms with Crippen molar-refractivity contribution in [2.75, 3.05) is 6.61 Å². The number of nitrogens with two attached hydrogens (primary N) is 1. The molecule has 0 aliphatic heterocycles. The van der Waals surface area contributed by atoms with E-state index in [9.17, 15) is 14.3 Å². The number of hydrogen-bond acceptors (Lipinski definition) is 4. The number of aryl methyl sites for hydroxylation is 1. The van der Waals surface area contributed by atoms with Gasteiger partial charge in [0.05, 0.1) is 12.6 Å². The maximum absolute atomic E-state index is 13.8. The smallest absolute Gasteiger partial charge is 0.342 e. The van der Waals surface area contributed by atoms with Crippen molar-refractivity contribution in [2.24, 2.45) is 5.73 Å². The molecule has 1 unspecified atom stereocenters. The average molecular weight is 357 g/mol. The quantitative estimate of drug-likeness (QED) is 0.814. The Morgan fingerprint density at radius 2 is 2.16 bits per heavy atom. The van der Waals surface area contributed by atoms with Crippen LogP contribution < -0.4 is 5.73 Å². The SMILES string of the molecule is CCOC(=O)C(F)[C@@H](N)c1cc(Br)cc(C)c1O.Cl. The van der Waals surface area contributed by atoms with Gasteiger partial charge in [-0.2, -0.15) is 0 Å². The van der Waals surface area contributed by atoms with Gasteiger partial charge in [-0.3, -0.25) is 0 Å². The van der Waals surface area contributed by atoms with Gasteiger partial charge >= 0.3 is 5.97 Å². The molecule has 7 heteroatoms. The molecule has 0 saturated carbocycles. The number of carbonyl (C=O) groups is 1. The fraction of sp³-hybridized carbons (Fsp3) is 0.417. The number of ether oxygens (including phenoxy) is 1. The van der Waals surface area contributed by atoms with E-state index in [0.717, 1.165) is 0 Å². The number of carbonyl (C=O) groups excluding carboxylic acids is 1. The van der Waals surface area contributed by atoms with Gasteiger partial charge in [-0.15, -0.1) is 12.4 Å². The summed E-state index contributed by atoms with van der Waals surface area (Å²) < 4.78 is 19.0. The van der Waals surface area contributed by atoms with Crippen LogP contribution in [0.15, 0.2) is 16.6 Å². The molecular formula is C12H16BrClFNO3. The molecule has 1 rings (SSSR count). The fourth-order valence-electron chi connectivity index (χ4n) is 1.54. The first-order valence-electron chi connectivity index (χ1n) is 5.43. The summed E-state index contributed by atoms with van der Waals surface area (Å²) in [6, 6.07) is 1.89. The molecule has 0 aliphatic carbocycles. The normalized spacial score (nSPS) is 13.3. The van der Waals surface area contributed by atoms with Crippen LogP contribution in [0.5, 0.6) is 5.75 Å². The number of hydrogen-bond donors (Lipinski definition) is 2. The maximum Gasteiger partial charge on any atom is 0.342 e. The lowest BCUT2D eigenvalue weighted by Gasteiger charge is -2.18. The Labute approximate surface area is 125 Å². The molecule has 0 aliphatic rings. The molecule has 0 fully saturated rings. The Kier molecular flexibility index (Phi) is 7.33. The van der Waals surface area contributed by atoms with E-state index >= 15 is 0 Å². The monoisotopic (exact) mass is 355 g/mol. The number of halogens is 3. The minimum absolute atomic E-state index is 0. The third kappa shape index (κ3) is 4.33. The molecule has 0 aromatic heterocycles. The minimum atomic E-state index is -2.01. The largest absolute Gasteiger partial charge is 0.507 e. The van der Waals surface area contributed by atoms with Crippen LogP contribution in [0.4, 0.5) is 4.39 Å². The zero-order chi connectivity index (χ0) is 13.9. The lowest BCUT2D eigenvalue weighted by atomic mass is 10.00. The topological polar surface area (TPSA) is 72.5 Å². The van der Waals surface area contributed by atoms with E-state index in [2.05, 4.69) is 20.7 Å². The van der Waals surface area contributed by atoms with Crippen LogP contribution in [0.2, 0.25) is 0 Å². The van der Waals surface area contributed by atoms with E-state index in [-0.39, 0.29) is 30.3 Å². The summed E-state index contributed by atoms with van der Waals surface area (Å²) in [5.41, 5.74) is 6.37. The third-order valence-electron chi connectivity index (χ3n) is 2.48. The van der Waals surface area contributed by atoms with E-state index in [0.29, 0.717) is 10.0 Å². The lowest BCUT2D eigenvalue weighted by Crippen LogP contribution is -2.31. The van der Waals surface area contributed by atoms with E-state index in [1.54, 1.807) is 19.9 Å². The van der Waals surface area contributed by atoms with Crippen molar-refractivity contribution < 1.29 is 19.0 Å². The molecule has 0 amide bonds. The molecule has 0 radical (unpaired) electrons. The molecule has 1 aromatic carbocycles. The van der Waals surface area contributed by atoms with Gasteiger partial charge in [-0.05, 0) is 31.5 Å². The van der Waals surface area contributed by atoms with Gasteiger partial charge in [-0.25, -0.2) is 9.18 Å². The zero-order valence-corrected chi connectivity index (χ0v) is 12.9. The van der Waals surface area contributed by atoms with Gasteiger partial charge in [0.25, 0.3) is 0 Å². The number of esters is 1. The van der Waals surface area contributed by atoms with E-state index in [1.807, 2.05) is 0 Å². The summed E-state index contributed by atoms with van der Waals surface area (Å²) >= 11 is 3.23. The number of phenols is 1. The van der Waals surface area contributed by atoms with Gasteiger partial charge in [0, 0.05) is 10.0 Å². The highest BCUT2D eigenvalue weighted by Gasteiger charge is 2.30. The Morgan fingerprint density at radius 1 is 1.58 bits per heavy atom. The van der Waals surface area contributed by atoms with Crippen molar-refractivity contribution in [1.82, 2.24) is 0 Å². The minimum Gasteiger partial charge on any atom is -0.507 e. The predicted octanol–water partition coefficient (Wildman–Crippen LogP) is 2.79. The molecule has 0 spiro atoms. The van der Waals surface area contributed by atoms with Crippen molar-refractivity contribution >= 4 is 34.3 Å². The third-order valence-corrected chi connectivity index (χ3v) is 2.94. The fourth-order valence-corrected chi connectivity index (χ4v) is 2.13. The molecule has 108 valence electrons. The van der Waals surface area contributed by atoms with Gasteiger partial charge in [0.15, 0.2) is 0 Å². The van der Waals surface area contributed by atoms with Crippen molar-refractivity contribution in [3.63, 3.8) is 0 Å². The number of phenolic OH excluding ortho intramolecular Hbond substituents is 1. The van der Waals surface area contributed by atoms with Crippen LogP contribution in [-0.4, -0.2) is 23.9 Å². The number of aromatic hydroxyl groups is 1. The van der Waals surface area contributed by atoms with E-state index < -0.39 is 18.2 Å². The Morgan fingerprint density at radius 3 is 2.68 bits per heavy atom. The van der Waals surface area contributed by atoms with Crippen molar-refractivity contribution in [1.29, 1.82) is 0 Å². The second-order valence-corrected chi connectivity index (χ2v) is 4.76. The zero-order valence-electron chi connectivity index (χ0n) is 10.5. The van der Waals surface area contributed by atoms with Crippen LogP contribution >= 0.6 is 28.3 Å². The Hall–Kier alpha value is -0.850. The first kappa shape index (κ1) is 18.1.